The maximum Gasteiger partial charge on any atom is 0.236 e. The Hall–Kier alpha value is -0.220. The number of hydrogen-bond donors (Lipinski definition) is 1. The van der Waals surface area contributed by atoms with Crippen LogP contribution < -0.4 is 5.32 Å². The van der Waals surface area contributed by atoms with Gasteiger partial charge in [-0.25, -0.2) is 0 Å². The molecule has 100 valence electrons. The predicted octanol–water partition coefficient (Wildman–Crippen LogP) is 2.12. The van der Waals surface area contributed by atoms with Gasteiger partial charge in [-0.2, -0.15) is 11.8 Å². The molecule has 1 heterocycles. The van der Waals surface area contributed by atoms with Crippen LogP contribution in [0, 0.1) is 0 Å². The summed E-state index contributed by atoms with van der Waals surface area (Å²) in [6, 6.07) is 0.473. The first-order valence-electron chi connectivity index (χ1n) is 6.78. The van der Waals surface area contributed by atoms with Gasteiger partial charge in [-0.3, -0.25) is 4.79 Å². The van der Waals surface area contributed by atoms with E-state index in [2.05, 4.69) is 18.5 Å². The Bertz CT molecular complexity index is 215. The zero-order valence-electron chi connectivity index (χ0n) is 11.2. The number of likely N-dealkylation sites (tertiary alicyclic amines) is 1. The van der Waals surface area contributed by atoms with Gasteiger partial charge in [0, 0.05) is 24.9 Å². The van der Waals surface area contributed by atoms with E-state index in [1.165, 1.54) is 25.7 Å². The quantitative estimate of drug-likeness (QED) is 0.792. The Kier molecular flexibility index (Phi) is 7.69. The van der Waals surface area contributed by atoms with Crippen molar-refractivity contribution in [3.05, 3.63) is 0 Å². The van der Waals surface area contributed by atoms with E-state index in [9.17, 15) is 4.79 Å². The van der Waals surface area contributed by atoms with Crippen molar-refractivity contribution in [2.75, 3.05) is 31.6 Å². The van der Waals surface area contributed by atoms with E-state index < -0.39 is 0 Å². The van der Waals surface area contributed by atoms with E-state index in [0.717, 1.165) is 25.3 Å². The molecule has 1 atom stereocenters. The molecule has 0 aromatic rings. The van der Waals surface area contributed by atoms with E-state index in [1.54, 1.807) is 0 Å². The fourth-order valence-electron chi connectivity index (χ4n) is 2.19. The van der Waals surface area contributed by atoms with Gasteiger partial charge in [-0.05, 0) is 25.5 Å². The standard InChI is InChI=1S/C13H26N2OS/c1-3-12(11-17-2)14-10-13(16)15-8-6-4-5-7-9-15/h12,14H,3-11H2,1-2H3. The molecule has 0 bridgehead atoms. The van der Waals surface area contributed by atoms with Crippen LogP contribution in [0.25, 0.3) is 0 Å². The van der Waals surface area contributed by atoms with E-state index >= 15 is 0 Å². The number of thioether (sulfide) groups is 1. The van der Waals surface area contributed by atoms with E-state index in [-0.39, 0.29) is 5.91 Å². The second-order valence-electron chi connectivity index (χ2n) is 4.74. The molecule has 1 rings (SSSR count). The molecule has 0 radical (unpaired) electrons. The van der Waals surface area contributed by atoms with Gasteiger partial charge in [-0.1, -0.05) is 19.8 Å². The first-order chi connectivity index (χ1) is 8.27. The Morgan fingerprint density at radius 2 is 1.94 bits per heavy atom. The first kappa shape index (κ1) is 14.8. The molecule has 3 nitrogen and oxygen atoms in total. The summed E-state index contributed by atoms with van der Waals surface area (Å²) >= 11 is 1.84. The van der Waals surface area contributed by atoms with Gasteiger partial charge in [-0.15, -0.1) is 0 Å². The highest BCUT2D eigenvalue weighted by atomic mass is 32.2. The van der Waals surface area contributed by atoms with Crippen LogP contribution in [0.1, 0.15) is 39.0 Å². The monoisotopic (exact) mass is 258 g/mol. The zero-order valence-corrected chi connectivity index (χ0v) is 12.0. The Morgan fingerprint density at radius 3 is 2.47 bits per heavy atom. The SMILES string of the molecule is CCC(CSC)NCC(=O)N1CCCCCC1. The maximum absolute atomic E-state index is 12.0. The van der Waals surface area contributed by atoms with E-state index in [4.69, 9.17) is 0 Å². The van der Waals surface area contributed by atoms with Crippen molar-refractivity contribution in [3.63, 3.8) is 0 Å². The van der Waals surface area contributed by atoms with Crippen molar-refractivity contribution in [2.45, 2.75) is 45.1 Å². The molecule has 0 aromatic carbocycles. The maximum atomic E-state index is 12.0. The van der Waals surface area contributed by atoms with Gasteiger partial charge in [0.05, 0.1) is 6.54 Å². The lowest BCUT2D eigenvalue weighted by atomic mass is 10.2. The Balaban J connectivity index is 2.26. The first-order valence-corrected chi connectivity index (χ1v) is 8.17. The number of rotatable bonds is 6. The largest absolute Gasteiger partial charge is 0.342 e. The van der Waals surface area contributed by atoms with Crippen molar-refractivity contribution in [1.82, 2.24) is 10.2 Å². The van der Waals surface area contributed by atoms with Gasteiger partial charge in [0.25, 0.3) is 0 Å². The molecule has 0 aliphatic carbocycles. The van der Waals surface area contributed by atoms with Crippen LogP contribution in [-0.2, 0) is 4.79 Å². The van der Waals surface area contributed by atoms with Crippen molar-refractivity contribution in [2.24, 2.45) is 0 Å². The van der Waals surface area contributed by atoms with Gasteiger partial charge in [0.15, 0.2) is 0 Å². The molecule has 0 aromatic heterocycles. The average molecular weight is 258 g/mol. The highest BCUT2D eigenvalue weighted by Gasteiger charge is 2.16. The van der Waals surface area contributed by atoms with Crippen LogP contribution >= 0.6 is 11.8 Å². The number of carbonyl (C=O) groups is 1. The van der Waals surface area contributed by atoms with Crippen LogP contribution in [0.15, 0.2) is 0 Å². The molecule has 1 unspecified atom stereocenters. The lowest BCUT2D eigenvalue weighted by Crippen LogP contribution is -2.42. The minimum atomic E-state index is 0.284. The normalized spacial score (nSPS) is 18.8. The molecular weight excluding hydrogens is 232 g/mol. The third kappa shape index (κ3) is 5.77. The highest BCUT2D eigenvalue weighted by molar-refractivity contribution is 7.98. The molecule has 1 aliphatic heterocycles. The lowest BCUT2D eigenvalue weighted by molar-refractivity contribution is -0.130. The predicted molar refractivity (Wildman–Crippen MR) is 75.5 cm³/mol. The minimum absolute atomic E-state index is 0.284. The molecule has 4 heteroatoms. The fraction of sp³-hybridized carbons (Fsp3) is 0.923. The summed E-state index contributed by atoms with van der Waals surface area (Å²) in [6.45, 7) is 4.60. The molecule has 0 saturated carbocycles. The summed E-state index contributed by atoms with van der Waals surface area (Å²) in [5.74, 6) is 1.37. The number of nitrogens with zero attached hydrogens (tertiary/aromatic N) is 1. The Morgan fingerprint density at radius 1 is 1.29 bits per heavy atom. The smallest absolute Gasteiger partial charge is 0.236 e. The molecule has 1 fully saturated rings. The fourth-order valence-corrected chi connectivity index (χ4v) is 2.94. The van der Waals surface area contributed by atoms with Gasteiger partial charge < -0.3 is 10.2 Å². The van der Waals surface area contributed by atoms with Crippen molar-refractivity contribution < 1.29 is 4.79 Å². The van der Waals surface area contributed by atoms with Crippen LogP contribution in [-0.4, -0.2) is 48.5 Å². The third-order valence-corrected chi connectivity index (χ3v) is 4.10. The topological polar surface area (TPSA) is 32.3 Å². The summed E-state index contributed by atoms with van der Waals surface area (Å²) in [5, 5.41) is 3.38. The van der Waals surface area contributed by atoms with E-state index in [1.807, 2.05) is 16.7 Å². The summed E-state index contributed by atoms with van der Waals surface area (Å²) < 4.78 is 0. The van der Waals surface area contributed by atoms with Gasteiger partial charge in [0.2, 0.25) is 5.91 Å². The summed E-state index contributed by atoms with van der Waals surface area (Å²) in [4.78, 5) is 14.1. The summed E-state index contributed by atoms with van der Waals surface area (Å²) in [7, 11) is 0. The molecule has 1 saturated heterocycles. The molecule has 1 amide bonds. The van der Waals surface area contributed by atoms with Crippen molar-refractivity contribution >= 4 is 17.7 Å². The highest BCUT2D eigenvalue weighted by Crippen LogP contribution is 2.09. The number of hydrogen-bond acceptors (Lipinski definition) is 3. The number of amides is 1. The number of carbonyl (C=O) groups excluding carboxylic acids is 1. The van der Waals surface area contributed by atoms with Crippen LogP contribution in [0.5, 0.6) is 0 Å². The second kappa shape index (κ2) is 8.81. The molecule has 1 N–H and O–H groups in total. The average Bonchev–Trinajstić information content (AvgIpc) is 2.62. The van der Waals surface area contributed by atoms with Crippen LogP contribution in [0.4, 0.5) is 0 Å². The lowest BCUT2D eigenvalue weighted by Gasteiger charge is -2.22. The third-order valence-electron chi connectivity index (χ3n) is 3.36. The zero-order chi connectivity index (χ0) is 12.5. The molecule has 1 aliphatic rings. The van der Waals surface area contributed by atoms with Crippen molar-refractivity contribution in [3.8, 4) is 0 Å². The molecule has 17 heavy (non-hydrogen) atoms. The Labute approximate surface area is 110 Å². The van der Waals surface area contributed by atoms with Crippen molar-refractivity contribution in [1.29, 1.82) is 0 Å². The van der Waals surface area contributed by atoms with Crippen LogP contribution in [0.2, 0.25) is 0 Å². The molecule has 0 spiro atoms. The van der Waals surface area contributed by atoms with Gasteiger partial charge in [0.1, 0.15) is 0 Å². The molecular formula is C13H26N2OS. The van der Waals surface area contributed by atoms with E-state index in [0.29, 0.717) is 12.6 Å². The summed E-state index contributed by atoms with van der Waals surface area (Å²) in [6.07, 6.45) is 8.11. The second-order valence-corrected chi connectivity index (χ2v) is 5.65. The summed E-state index contributed by atoms with van der Waals surface area (Å²) in [5.41, 5.74) is 0. The minimum Gasteiger partial charge on any atom is -0.342 e. The number of nitrogens with one attached hydrogen (secondary N) is 1. The van der Waals surface area contributed by atoms with Gasteiger partial charge >= 0.3 is 0 Å². The van der Waals surface area contributed by atoms with Crippen LogP contribution in [0.3, 0.4) is 0 Å².